The lowest BCUT2D eigenvalue weighted by Crippen LogP contribution is -2.54. The Morgan fingerprint density at radius 1 is 0.814 bits per heavy atom. The number of imide groups is 2. The van der Waals surface area contributed by atoms with E-state index in [-0.39, 0.29) is 74.3 Å². The van der Waals surface area contributed by atoms with Gasteiger partial charge >= 0.3 is 6.18 Å². The van der Waals surface area contributed by atoms with Crippen molar-refractivity contribution < 1.29 is 51.4 Å². The largest absolute Gasteiger partial charge is 0.416 e. The summed E-state index contributed by atoms with van der Waals surface area (Å²) >= 11 is 6.14. The first-order chi connectivity index (χ1) is 33.7. The highest BCUT2D eigenvalue weighted by Gasteiger charge is 2.45. The lowest BCUT2D eigenvalue weighted by Gasteiger charge is -2.27. The molecule has 2 aromatic heterocycles. The van der Waals surface area contributed by atoms with Crippen molar-refractivity contribution >= 4 is 57.9 Å². The molecule has 5 N–H and O–H groups in total. The van der Waals surface area contributed by atoms with E-state index in [1.807, 2.05) is 24.3 Å². The normalized spacial score (nSPS) is 14.9. The molecular formula is C49H48ClF3N8O9. The van der Waals surface area contributed by atoms with Gasteiger partial charge in [0.1, 0.15) is 12.6 Å². The quantitative estimate of drug-likeness (QED) is 0.0406. The molecule has 70 heavy (non-hydrogen) atoms. The van der Waals surface area contributed by atoms with Gasteiger partial charge in [0.2, 0.25) is 23.7 Å². The topological polar surface area (TPSA) is 219 Å². The summed E-state index contributed by atoms with van der Waals surface area (Å²) in [4.78, 5) is 84.9. The first-order valence-corrected chi connectivity index (χ1v) is 23.0. The van der Waals surface area contributed by atoms with Crippen LogP contribution in [-0.4, -0.2) is 113 Å². The van der Waals surface area contributed by atoms with E-state index in [0.29, 0.717) is 71.2 Å². The molecule has 2 aliphatic heterocycles. The fourth-order valence-corrected chi connectivity index (χ4v) is 8.40. The summed E-state index contributed by atoms with van der Waals surface area (Å²) in [5, 5.41) is 11.5. The number of hydrogen-bond acceptors (Lipinski definition) is 11. The molecular weight excluding hydrogens is 937 g/mol. The summed E-state index contributed by atoms with van der Waals surface area (Å²) in [5.41, 5.74) is 4.03. The second-order valence-corrected chi connectivity index (χ2v) is 17.0. The number of imidazole rings is 1. The van der Waals surface area contributed by atoms with Crippen molar-refractivity contribution in [3.05, 3.63) is 134 Å². The molecule has 1 saturated heterocycles. The number of ether oxygens (including phenoxy) is 3. The molecule has 5 amide bonds. The molecule has 0 saturated carbocycles. The molecule has 0 radical (unpaired) electrons. The maximum atomic E-state index is 13.9. The van der Waals surface area contributed by atoms with E-state index >= 15 is 0 Å². The number of carbonyl (C=O) groups is 5. The molecule has 0 spiro atoms. The number of carbonyl (C=O) groups excluding carboxylic acids is 5. The lowest BCUT2D eigenvalue weighted by molar-refractivity contribution is -0.138. The number of rotatable bonds is 22. The molecule has 366 valence electrons. The van der Waals surface area contributed by atoms with Crippen LogP contribution in [0.25, 0.3) is 28.2 Å². The first kappa shape index (κ1) is 49.3. The van der Waals surface area contributed by atoms with Gasteiger partial charge in [0.15, 0.2) is 0 Å². The van der Waals surface area contributed by atoms with Crippen LogP contribution >= 0.6 is 11.6 Å². The predicted molar refractivity (Wildman–Crippen MR) is 251 cm³/mol. The van der Waals surface area contributed by atoms with Gasteiger partial charge in [-0.2, -0.15) is 17.9 Å². The maximum absolute atomic E-state index is 13.9. The molecule has 4 heterocycles. The van der Waals surface area contributed by atoms with Crippen LogP contribution in [-0.2, 0) is 54.0 Å². The van der Waals surface area contributed by atoms with Gasteiger partial charge in [0.05, 0.1) is 59.8 Å². The zero-order valence-electron chi connectivity index (χ0n) is 37.6. The van der Waals surface area contributed by atoms with E-state index in [2.05, 4.69) is 31.0 Å². The van der Waals surface area contributed by atoms with Gasteiger partial charge in [-0.1, -0.05) is 54.1 Å². The van der Waals surface area contributed by atoms with Gasteiger partial charge < -0.3 is 29.8 Å². The Kier molecular flexibility index (Phi) is 15.6. The minimum Gasteiger partial charge on any atom is -0.383 e. The van der Waals surface area contributed by atoms with Crippen molar-refractivity contribution in [1.82, 2.24) is 35.3 Å². The van der Waals surface area contributed by atoms with Gasteiger partial charge in [-0.05, 0) is 91.3 Å². The molecule has 1 fully saturated rings. The highest BCUT2D eigenvalue weighted by atomic mass is 35.5. The number of nitrogens with one attached hydrogen (secondary N) is 5. The number of anilines is 1. The second-order valence-electron chi connectivity index (χ2n) is 16.6. The number of fused-ring (bicyclic) bond motifs is 2. The lowest BCUT2D eigenvalue weighted by atomic mass is 9.99. The fraction of sp³-hybridized carbons (Fsp3) is 0.327. The molecule has 0 aliphatic carbocycles. The van der Waals surface area contributed by atoms with E-state index in [1.54, 1.807) is 30.3 Å². The number of benzene rings is 4. The number of H-pyrrole nitrogens is 2. The Balaban J connectivity index is 0.699. The Hall–Kier alpha value is -7.13. The number of aromatic nitrogens is 4. The van der Waals surface area contributed by atoms with Gasteiger partial charge in [0, 0.05) is 42.4 Å². The van der Waals surface area contributed by atoms with Gasteiger partial charge in [-0.25, -0.2) is 4.98 Å². The molecule has 2 aliphatic rings. The number of aryl methyl sites for hydroxylation is 2. The zero-order chi connectivity index (χ0) is 49.4. The zero-order valence-corrected chi connectivity index (χ0v) is 38.3. The van der Waals surface area contributed by atoms with Crippen LogP contribution in [0.4, 0.5) is 18.9 Å². The van der Waals surface area contributed by atoms with Gasteiger partial charge in [0.25, 0.3) is 17.4 Å². The Morgan fingerprint density at radius 2 is 1.53 bits per heavy atom. The summed E-state index contributed by atoms with van der Waals surface area (Å²) in [7, 11) is 0. The minimum absolute atomic E-state index is 0.0231. The highest BCUT2D eigenvalue weighted by molar-refractivity contribution is 6.31. The fourth-order valence-electron chi connectivity index (χ4n) is 8.23. The Bertz CT molecular complexity index is 2950. The van der Waals surface area contributed by atoms with Crippen LogP contribution in [0.15, 0.2) is 89.7 Å². The molecule has 0 bridgehead atoms. The Morgan fingerprint density at radius 3 is 2.26 bits per heavy atom. The van der Waals surface area contributed by atoms with Crippen LogP contribution in [0, 0.1) is 0 Å². The highest BCUT2D eigenvalue weighted by Crippen LogP contribution is 2.33. The van der Waals surface area contributed by atoms with Crippen LogP contribution in [0.1, 0.15) is 62.2 Å². The van der Waals surface area contributed by atoms with Crippen molar-refractivity contribution in [3.63, 3.8) is 0 Å². The third kappa shape index (κ3) is 11.6. The van der Waals surface area contributed by atoms with Crippen LogP contribution in [0.3, 0.4) is 0 Å². The molecule has 1 unspecified atom stereocenters. The molecule has 6 aromatic rings. The summed E-state index contributed by atoms with van der Waals surface area (Å²) < 4.78 is 58.0. The van der Waals surface area contributed by atoms with Crippen LogP contribution in [0.5, 0.6) is 0 Å². The van der Waals surface area contributed by atoms with E-state index in [9.17, 15) is 41.9 Å². The SMILES string of the molecule is O=C(COCCOCCOCCCc1ccc(CCc2c(-c3ccc(C(F)(F)F)cc3)[nH]n(-c3nc4ccc(Cl)cc4[nH]3)c2=O)cc1)NCCNc1cccc2c1C(=O)N(C1CCC(=O)NC1=O)C2=O. The van der Waals surface area contributed by atoms with E-state index < -0.39 is 41.4 Å². The average Bonchev–Trinajstić information content (AvgIpc) is 3.99. The molecule has 1 atom stereocenters. The number of amides is 5. The summed E-state index contributed by atoms with van der Waals surface area (Å²) in [5.74, 6) is -2.50. The molecule has 4 aromatic carbocycles. The number of alkyl halides is 3. The number of hydrogen-bond donors (Lipinski definition) is 5. The van der Waals surface area contributed by atoms with E-state index in [0.717, 1.165) is 41.0 Å². The smallest absolute Gasteiger partial charge is 0.383 e. The molecule has 8 rings (SSSR count). The number of piperidine rings is 1. The molecule has 21 heteroatoms. The van der Waals surface area contributed by atoms with E-state index in [1.165, 1.54) is 22.9 Å². The second kappa shape index (κ2) is 22.1. The number of halogens is 4. The summed E-state index contributed by atoms with van der Waals surface area (Å²) in [6.07, 6.45) is -2.06. The Labute approximate surface area is 403 Å². The minimum atomic E-state index is -4.50. The van der Waals surface area contributed by atoms with Gasteiger partial charge in [-0.15, -0.1) is 0 Å². The first-order valence-electron chi connectivity index (χ1n) is 22.6. The molecule has 17 nitrogen and oxygen atoms in total. The average molecular weight is 985 g/mol. The third-order valence-electron chi connectivity index (χ3n) is 11.8. The third-order valence-corrected chi connectivity index (χ3v) is 12.0. The van der Waals surface area contributed by atoms with E-state index in [4.69, 9.17) is 25.8 Å². The van der Waals surface area contributed by atoms with Crippen LogP contribution in [0.2, 0.25) is 5.02 Å². The van der Waals surface area contributed by atoms with Gasteiger partial charge in [-0.3, -0.25) is 44.1 Å². The predicted octanol–water partition coefficient (Wildman–Crippen LogP) is 5.78. The summed E-state index contributed by atoms with van der Waals surface area (Å²) in [6.45, 7) is 1.96. The summed E-state index contributed by atoms with van der Waals surface area (Å²) in [6, 6.07) is 21.5. The monoisotopic (exact) mass is 984 g/mol. The van der Waals surface area contributed by atoms with Crippen molar-refractivity contribution in [2.24, 2.45) is 0 Å². The van der Waals surface area contributed by atoms with Crippen molar-refractivity contribution in [3.8, 4) is 17.2 Å². The standard InChI is InChI=1S/C49H48ClF3N8O9/c50-33-15-17-36-38(27-33)57-48(56-36)61-46(66)35(43(59-61)31-11-13-32(14-12-31)49(51,52)53)16-10-30-8-6-29(7-9-30)3-2-22-68-23-24-69-25-26-70-28-41(63)55-21-20-54-37-5-1-4-34-42(37)47(67)60(45(34)65)39-18-19-40(62)58-44(39)64/h1,4-9,11-15,17,27,39,54,59H,2-3,10,16,18-26,28H2,(H,55,63)(H,56,57)(H,58,62,64). The maximum Gasteiger partial charge on any atom is 0.416 e. The van der Waals surface area contributed by atoms with Crippen molar-refractivity contribution in [1.29, 1.82) is 0 Å². The number of nitrogens with zero attached hydrogens (tertiary/aromatic N) is 3. The van der Waals surface area contributed by atoms with Crippen molar-refractivity contribution in [2.45, 2.75) is 50.7 Å². The number of aromatic amines is 2. The van der Waals surface area contributed by atoms with Crippen LogP contribution < -0.4 is 21.5 Å². The van der Waals surface area contributed by atoms with Crippen molar-refractivity contribution in [2.75, 3.05) is 58.0 Å².